The van der Waals surface area contributed by atoms with E-state index in [9.17, 15) is 0 Å². The Kier molecular flexibility index (Phi) is 4.09. The van der Waals surface area contributed by atoms with Crippen molar-refractivity contribution < 1.29 is 4.74 Å². The molecule has 0 spiro atoms. The normalized spacial score (nSPS) is 27.5. The van der Waals surface area contributed by atoms with Crippen molar-refractivity contribution in [2.24, 2.45) is 5.92 Å². The largest absolute Gasteiger partial charge is 0.383 e. The van der Waals surface area contributed by atoms with E-state index in [4.69, 9.17) is 15.5 Å². The minimum Gasteiger partial charge on any atom is -0.383 e. The summed E-state index contributed by atoms with van der Waals surface area (Å²) in [6.45, 7) is 6.38. The molecule has 4 heteroatoms. The SMILES string of the molecule is CCc1nc(C2(OC)CCC(C)CC2)nc(N)c1C. The van der Waals surface area contributed by atoms with Crippen LogP contribution in [0.15, 0.2) is 0 Å². The lowest BCUT2D eigenvalue weighted by Crippen LogP contribution is -2.35. The van der Waals surface area contributed by atoms with Crippen molar-refractivity contribution >= 4 is 5.82 Å². The van der Waals surface area contributed by atoms with Crippen LogP contribution in [0.25, 0.3) is 0 Å². The van der Waals surface area contributed by atoms with Crippen LogP contribution in [0.1, 0.15) is 56.6 Å². The van der Waals surface area contributed by atoms with Crippen molar-refractivity contribution in [2.75, 3.05) is 12.8 Å². The summed E-state index contributed by atoms with van der Waals surface area (Å²) in [5.41, 5.74) is 7.74. The molecule has 1 fully saturated rings. The Morgan fingerprint density at radius 1 is 1.32 bits per heavy atom. The molecule has 1 aromatic heterocycles. The van der Waals surface area contributed by atoms with Gasteiger partial charge in [-0.15, -0.1) is 0 Å². The summed E-state index contributed by atoms with van der Waals surface area (Å²) in [7, 11) is 1.76. The molecule has 0 aromatic carbocycles. The Balaban J connectivity index is 2.41. The van der Waals surface area contributed by atoms with Gasteiger partial charge in [-0.05, 0) is 44.9 Å². The van der Waals surface area contributed by atoms with Gasteiger partial charge in [0.05, 0.1) is 0 Å². The molecule has 0 amide bonds. The third-order valence-electron chi connectivity index (χ3n) is 4.50. The quantitative estimate of drug-likeness (QED) is 0.910. The molecule has 1 aromatic rings. The van der Waals surface area contributed by atoms with Gasteiger partial charge in [0.15, 0.2) is 5.82 Å². The number of nitrogen functional groups attached to an aromatic ring is 1. The highest BCUT2D eigenvalue weighted by molar-refractivity contribution is 5.41. The van der Waals surface area contributed by atoms with Crippen LogP contribution in [0.5, 0.6) is 0 Å². The fourth-order valence-corrected chi connectivity index (χ4v) is 2.88. The van der Waals surface area contributed by atoms with E-state index in [2.05, 4.69) is 18.8 Å². The fraction of sp³-hybridized carbons (Fsp3) is 0.733. The number of nitrogens with two attached hydrogens (primary N) is 1. The van der Waals surface area contributed by atoms with Crippen molar-refractivity contribution in [3.63, 3.8) is 0 Å². The Labute approximate surface area is 115 Å². The molecule has 4 nitrogen and oxygen atoms in total. The van der Waals surface area contributed by atoms with Crippen LogP contribution in [0.2, 0.25) is 0 Å². The second-order valence-corrected chi connectivity index (χ2v) is 5.74. The molecule has 19 heavy (non-hydrogen) atoms. The van der Waals surface area contributed by atoms with Crippen LogP contribution in [-0.4, -0.2) is 17.1 Å². The number of methoxy groups -OCH3 is 1. The zero-order valence-corrected chi connectivity index (χ0v) is 12.5. The molecule has 1 saturated carbocycles. The fourth-order valence-electron chi connectivity index (χ4n) is 2.88. The number of aryl methyl sites for hydroxylation is 1. The van der Waals surface area contributed by atoms with E-state index in [1.54, 1.807) is 7.11 Å². The van der Waals surface area contributed by atoms with Gasteiger partial charge in [-0.25, -0.2) is 9.97 Å². The predicted molar refractivity (Wildman–Crippen MR) is 76.9 cm³/mol. The summed E-state index contributed by atoms with van der Waals surface area (Å²) in [4.78, 5) is 9.24. The number of hydrogen-bond donors (Lipinski definition) is 1. The van der Waals surface area contributed by atoms with Gasteiger partial charge in [-0.3, -0.25) is 0 Å². The van der Waals surface area contributed by atoms with E-state index in [-0.39, 0.29) is 5.60 Å². The van der Waals surface area contributed by atoms with E-state index in [0.29, 0.717) is 5.82 Å². The zero-order valence-electron chi connectivity index (χ0n) is 12.5. The van der Waals surface area contributed by atoms with Gasteiger partial charge in [0, 0.05) is 18.4 Å². The molecule has 1 heterocycles. The Bertz CT molecular complexity index is 451. The molecule has 0 saturated heterocycles. The lowest BCUT2D eigenvalue weighted by molar-refractivity contribution is -0.0597. The maximum atomic E-state index is 6.04. The number of anilines is 1. The average Bonchev–Trinajstić information content (AvgIpc) is 2.43. The lowest BCUT2D eigenvalue weighted by atomic mass is 9.79. The monoisotopic (exact) mass is 263 g/mol. The first kappa shape index (κ1) is 14.3. The molecule has 106 valence electrons. The van der Waals surface area contributed by atoms with Crippen LogP contribution in [0.4, 0.5) is 5.82 Å². The summed E-state index contributed by atoms with van der Waals surface area (Å²) in [6, 6.07) is 0. The van der Waals surface area contributed by atoms with E-state index < -0.39 is 0 Å². The minimum atomic E-state index is -0.335. The van der Waals surface area contributed by atoms with Crippen molar-refractivity contribution in [3.05, 3.63) is 17.1 Å². The molecular formula is C15H25N3O. The standard InChI is InChI=1S/C15H25N3O/c1-5-12-11(3)13(16)18-14(17-12)15(19-4)8-6-10(2)7-9-15/h10H,5-9H2,1-4H3,(H2,16,17,18). The smallest absolute Gasteiger partial charge is 0.162 e. The van der Waals surface area contributed by atoms with Gasteiger partial charge in [0.2, 0.25) is 0 Å². The summed E-state index contributed by atoms with van der Waals surface area (Å²) in [6.07, 6.45) is 5.16. The number of hydrogen-bond acceptors (Lipinski definition) is 4. The van der Waals surface area contributed by atoms with E-state index in [1.807, 2.05) is 6.92 Å². The second-order valence-electron chi connectivity index (χ2n) is 5.74. The van der Waals surface area contributed by atoms with Gasteiger partial charge in [0.25, 0.3) is 0 Å². The van der Waals surface area contributed by atoms with Crippen LogP contribution in [0.3, 0.4) is 0 Å². The first-order chi connectivity index (χ1) is 9.02. The first-order valence-corrected chi connectivity index (χ1v) is 7.21. The van der Waals surface area contributed by atoms with Crippen LogP contribution >= 0.6 is 0 Å². The van der Waals surface area contributed by atoms with Gasteiger partial charge >= 0.3 is 0 Å². The van der Waals surface area contributed by atoms with E-state index >= 15 is 0 Å². The van der Waals surface area contributed by atoms with E-state index in [0.717, 1.165) is 55.1 Å². The lowest BCUT2D eigenvalue weighted by Gasteiger charge is -2.37. The molecule has 1 aliphatic carbocycles. The second kappa shape index (κ2) is 5.45. The molecular weight excluding hydrogens is 238 g/mol. The summed E-state index contributed by atoms with van der Waals surface area (Å²) >= 11 is 0. The molecule has 2 rings (SSSR count). The van der Waals surface area contributed by atoms with Crippen molar-refractivity contribution in [1.82, 2.24) is 9.97 Å². The average molecular weight is 263 g/mol. The van der Waals surface area contributed by atoms with Crippen molar-refractivity contribution in [2.45, 2.75) is 58.5 Å². The molecule has 1 aliphatic rings. The highest BCUT2D eigenvalue weighted by atomic mass is 16.5. The van der Waals surface area contributed by atoms with Crippen LogP contribution in [0, 0.1) is 12.8 Å². The van der Waals surface area contributed by atoms with Crippen LogP contribution < -0.4 is 5.73 Å². The maximum Gasteiger partial charge on any atom is 0.162 e. The molecule has 2 N–H and O–H groups in total. The van der Waals surface area contributed by atoms with Gasteiger partial charge in [-0.2, -0.15) is 0 Å². The number of nitrogens with zero attached hydrogens (tertiary/aromatic N) is 2. The van der Waals surface area contributed by atoms with Crippen molar-refractivity contribution in [1.29, 1.82) is 0 Å². The molecule has 0 atom stereocenters. The highest BCUT2D eigenvalue weighted by Crippen LogP contribution is 2.41. The molecule has 0 radical (unpaired) electrons. The first-order valence-electron chi connectivity index (χ1n) is 7.21. The number of aromatic nitrogens is 2. The number of ether oxygens (including phenoxy) is 1. The van der Waals surface area contributed by atoms with Crippen molar-refractivity contribution in [3.8, 4) is 0 Å². The Morgan fingerprint density at radius 2 is 1.95 bits per heavy atom. The van der Waals surface area contributed by atoms with Gasteiger partial charge in [0.1, 0.15) is 11.4 Å². The highest BCUT2D eigenvalue weighted by Gasteiger charge is 2.39. The zero-order chi connectivity index (χ0) is 14.0. The minimum absolute atomic E-state index is 0.335. The van der Waals surface area contributed by atoms with E-state index in [1.165, 1.54) is 0 Å². The predicted octanol–water partition coefficient (Wildman–Crippen LogP) is 2.98. The summed E-state index contributed by atoms with van der Waals surface area (Å²) < 4.78 is 5.83. The summed E-state index contributed by atoms with van der Waals surface area (Å²) in [5, 5.41) is 0. The summed E-state index contributed by atoms with van der Waals surface area (Å²) in [5.74, 6) is 2.13. The third kappa shape index (κ3) is 2.59. The topological polar surface area (TPSA) is 61.0 Å². The number of rotatable bonds is 3. The molecule has 0 aliphatic heterocycles. The maximum absolute atomic E-state index is 6.04. The van der Waals surface area contributed by atoms with Gasteiger partial charge < -0.3 is 10.5 Å². The molecule has 0 unspecified atom stereocenters. The Morgan fingerprint density at radius 3 is 2.47 bits per heavy atom. The van der Waals surface area contributed by atoms with Crippen LogP contribution in [-0.2, 0) is 16.8 Å². The Hall–Kier alpha value is -1.16. The van der Waals surface area contributed by atoms with Gasteiger partial charge in [-0.1, -0.05) is 13.8 Å². The third-order valence-corrected chi connectivity index (χ3v) is 4.50. The molecule has 0 bridgehead atoms.